The molecule has 0 aliphatic heterocycles. The molecular weight excluding hydrogens is 532 g/mol. The van der Waals surface area contributed by atoms with Crippen LogP contribution in [0.25, 0.3) is 0 Å². The van der Waals surface area contributed by atoms with Gasteiger partial charge in [-0.3, -0.25) is 7.74 Å². The summed E-state index contributed by atoms with van der Waals surface area (Å²) in [4.78, 5) is 0. The van der Waals surface area contributed by atoms with Crippen molar-refractivity contribution >= 4 is 29.4 Å². The first kappa shape index (κ1) is 37.0. The zero-order chi connectivity index (χ0) is 27.9. The molecule has 0 spiro atoms. The second kappa shape index (κ2) is 22.7. The van der Waals surface area contributed by atoms with Gasteiger partial charge in [-0.05, 0) is 25.9 Å². The molecule has 8 nitrogen and oxygen atoms in total. The maximum absolute atomic E-state index is 12.1. The molecule has 0 aromatic rings. The molecule has 0 aliphatic rings. The molecule has 0 amide bonds. The average Bonchev–Trinajstić information content (AvgIpc) is 2.79. The summed E-state index contributed by atoms with van der Waals surface area (Å²) in [5.74, 6) is 0. The van der Waals surface area contributed by atoms with Gasteiger partial charge in [-0.1, -0.05) is 129 Å². The van der Waals surface area contributed by atoms with Gasteiger partial charge < -0.3 is 0 Å². The normalized spacial score (nSPS) is 12.9. The second-order valence-corrected chi connectivity index (χ2v) is 16.6. The smallest absolute Gasteiger partial charge is 0.262 e. The lowest BCUT2D eigenvalue weighted by Gasteiger charge is -2.20. The highest BCUT2D eigenvalue weighted by molar-refractivity contribution is 7.84. The van der Waals surface area contributed by atoms with Crippen LogP contribution < -0.4 is 0 Å². The Bertz CT molecular complexity index is 667. The third-order valence-electron chi connectivity index (χ3n) is 6.06. The zero-order valence-electron chi connectivity index (χ0n) is 24.1. The predicted molar refractivity (Wildman–Crippen MR) is 153 cm³/mol. The van der Waals surface area contributed by atoms with Crippen molar-refractivity contribution in [3.05, 3.63) is 0 Å². The van der Waals surface area contributed by atoms with Crippen LogP contribution >= 0.6 is 0 Å². The van der Waals surface area contributed by atoms with Gasteiger partial charge in [0, 0.05) is 0 Å². The Labute approximate surface area is 230 Å². The van der Waals surface area contributed by atoms with Gasteiger partial charge in [-0.15, -0.1) is 0 Å². The van der Waals surface area contributed by atoms with Crippen molar-refractivity contribution in [3.8, 4) is 0 Å². The van der Waals surface area contributed by atoms with E-state index in [2.05, 4.69) is 13.8 Å². The van der Waals surface area contributed by atoms with E-state index in [0.29, 0.717) is 12.8 Å². The van der Waals surface area contributed by atoms with Gasteiger partial charge in [0.15, 0.2) is 0 Å². The van der Waals surface area contributed by atoms with E-state index in [1.165, 1.54) is 90.1 Å². The lowest BCUT2D eigenvalue weighted by atomic mass is 10.1. The Morgan fingerprint density at radius 2 is 0.676 bits per heavy atom. The van der Waals surface area contributed by atoms with E-state index in [1.54, 1.807) is 0 Å². The quantitative estimate of drug-likeness (QED) is 0.0667. The van der Waals surface area contributed by atoms with Crippen molar-refractivity contribution in [3.63, 3.8) is 0 Å². The van der Waals surface area contributed by atoms with E-state index in [9.17, 15) is 16.8 Å². The maximum atomic E-state index is 12.1. The van der Waals surface area contributed by atoms with Gasteiger partial charge in [0.25, 0.3) is 0 Å². The van der Waals surface area contributed by atoms with Crippen molar-refractivity contribution in [2.24, 2.45) is 0 Å². The first-order chi connectivity index (χ1) is 17.5. The number of rotatable bonds is 28. The van der Waals surface area contributed by atoms with Gasteiger partial charge in [0.1, 0.15) is 0 Å². The summed E-state index contributed by atoms with van der Waals surface area (Å²) in [7, 11) is -12.3. The first-order valence-corrected chi connectivity index (χ1v) is 20.2. The van der Waals surface area contributed by atoms with Crippen molar-refractivity contribution in [1.29, 1.82) is 0 Å². The fourth-order valence-electron chi connectivity index (χ4n) is 4.05. The van der Waals surface area contributed by atoms with Crippen molar-refractivity contribution in [2.45, 2.75) is 155 Å². The van der Waals surface area contributed by atoms with Crippen LogP contribution in [0.15, 0.2) is 0 Å². The van der Waals surface area contributed by atoms with E-state index < -0.39 is 29.4 Å². The molecule has 0 fully saturated rings. The topological polar surface area (TPSA) is 105 Å². The van der Waals surface area contributed by atoms with Crippen LogP contribution in [0, 0.1) is 0 Å². The Morgan fingerprint density at radius 1 is 0.432 bits per heavy atom. The van der Waals surface area contributed by atoms with Crippen LogP contribution in [-0.4, -0.2) is 38.6 Å². The SMILES string of the molecule is CCCCCCCCCCCCOS(=O)(=O)O[Si](C)(C)OS(=O)(=O)OCCCCCCCCCCCC. The lowest BCUT2D eigenvalue weighted by Crippen LogP contribution is -2.40. The van der Waals surface area contributed by atoms with Crippen molar-refractivity contribution in [2.75, 3.05) is 13.2 Å². The van der Waals surface area contributed by atoms with Crippen molar-refractivity contribution < 1.29 is 32.9 Å². The fraction of sp³-hybridized carbons (Fsp3) is 1.00. The fourth-order valence-corrected chi connectivity index (χ4v) is 9.38. The minimum atomic E-state index is -4.35. The highest BCUT2D eigenvalue weighted by Crippen LogP contribution is 2.18. The highest BCUT2D eigenvalue weighted by Gasteiger charge is 2.38. The standard InChI is InChI=1S/C26H56O8S2Si/c1-5-7-9-11-13-15-17-19-21-23-25-31-35(27,28)33-37(3,4)34-36(29,30)32-26-24-22-20-18-16-14-12-10-8-6-2/h5-26H2,1-4H3. The summed E-state index contributed by atoms with van der Waals surface area (Å²) in [5.41, 5.74) is 0. The third kappa shape index (κ3) is 26.0. The molecule has 0 N–H and O–H groups in total. The third-order valence-corrected chi connectivity index (χ3v) is 11.8. The number of hydrogen-bond acceptors (Lipinski definition) is 8. The Morgan fingerprint density at radius 3 is 0.946 bits per heavy atom. The Kier molecular flexibility index (Phi) is 22.7. The van der Waals surface area contributed by atoms with Crippen LogP contribution in [0.4, 0.5) is 0 Å². The molecule has 37 heavy (non-hydrogen) atoms. The van der Waals surface area contributed by atoms with Crippen LogP contribution in [0.1, 0.15) is 142 Å². The van der Waals surface area contributed by atoms with E-state index in [-0.39, 0.29) is 13.2 Å². The monoisotopic (exact) mass is 588 g/mol. The molecule has 0 rings (SSSR count). The van der Waals surface area contributed by atoms with E-state index >= 15 is 0 Å². The largest absolute Gasteiger partial charge is 0.392 e. The second-order valence-electron chi connectivity index (χ2n) is 10.4. The van der Waals surface area contributed by atoms with E-state index in [0.717, 1.165) is 38.5 Å². The van der Waals surface area contributed by atoms with Gasteiger partial charge in [0.2, 0.25) is 0 Å². The molecule has 0 heterocycles. The van der Waals surface area contributed by atoms with Crippen LogP contribution in [0.3, 0.4) is 0 Å². The molecule has 0 unspecified atom stereocenters. The molecule has 0 saturated heterocycles. The summed E-state index contributed by atoms with van der Waals surface area (Å²) >= 11 is 0. The van der Waals surface area contributed by atoms with Crippen LogP contribution in [0.5, 0.6) is 0 Å². The maximum Gasteiger partial charge on any atom is 0.392 e. The Balaban J connectivity index is 3.95. The molecule has 0 aromatic carbocycles. The molecule has 0 saturated carbocycles. The lowest BCUT2D eigenvalue weighted by molar-refractivity contribution is 0.234. The molecule has 224 valence electrons. The molecule has 0 atom stereocenters. The number of unbranched alkanes of at least 4 members (excludes halogenated alkanes) is 18. The van der Waals surface area contributed by atoms with Gasteiger partial charge in [-0.2, -0.15) is 16.8 Å². The van der Waals surface area contributed by atoms with Crippen molar-refractivity contribution in [1.82, 2.24) is 0 Å². The Hall–Kier alpha value is -0.0431. The molecule has 11 heteroatoms. The number of hydrogen-bond donors (Lipinski definition) is 0. The minimum Gasteiger partial charge on any atom is -0.262 e. The van der Waals surface area contributed by atoms with E-state index in [4.69, 9.17) is 16.1 Å². The van der Waals surface area contributed by atoms with Crippen LogP contribution in [-0.2, 0) is 36.9 Å². The zero-order valence-corrected chi connectivity index (χ0v) is 26.8. The molecule has 0 aliphatic carbocycles. The summed E-state index contributed by atoms with van der Waals surface area (Å²) < 4.78 is 68.2. The van der Waals surface area contributed by atoms with Crippen LogP contribution in [0.2, 0.25) is 13.1 Å². The highest BCUT2D eigenvalue weighted by atomic mass is 32.3. The summed E-state index contributed by atoms with van der Waals surface area (Å²) in [6.45, 7) is 7.09. The first-order valence-electron chi connectivity index (χ1n) is 14.7. The summed E-state index contributed by atoms with van der Waals surface area (Å²) in [6, 6.07) is 0. The summed E-state index contributed by atoms with van der Waals surface area (Å²) in [5, 5.41) is 0. The van der Waals surface area contributed by atoms with Gasteiger partial charge in [-0.25, -0.2) is 8.37 Å². The predicted octanol–water partition coefficient (Wildman–Crippen LogP) is 8.09. The molecule has 0 bridgehead atoms. The van der Waals surface area contributed by atoms with E-state index in [1.807, 2.05) is 0 Å². The van der Waals surface area contributed by atoms with Gasteiger partial charge in [0.05, 0.1) is 13.2 Å². The molecule has 0 radical (unpaired) electrons. The summed E-state index contributed by atoms with van der Waals surface area (Å²) in [6.07, 6.45) is 22.5. The average molecular weight is 589 g/mol. The molecule has 0 aromatic heterocycles. The molecular formula is C26H56O8S2Si. The minimum absolute atomic E-state index is 0.00526. The van der Waals surface area contributed by atoms with Gasteiger partial charge >= 0.3 is 29.4 Å².